The van der Waals surface area contributed by atoms with Crippen LogP contribution in [0.25, 0.3) is 0 Å². The Balaban J connectivity index is 4.12. The van der Waals surface area contributed by atoms with Crippen molar-refractivity contribution in [1.29, 1.82) is 0 Å². The minimum Gasteiger partial charge on any atom is -0.550 e. The summed E-state index contributed by atoms with van der Waals surface area (Å²) < 4.78 is 5.84. The maximum atomic E-state index is 11.8. The summed E-state index contributed by atoms with van der Waals surface area (Å²) >= 11 is 0. The molecule has 0 aliphatic heterocycles. The normalized spacial score (nSPS) is 14.5. The molecule has 5 heteroatoms. The smallest absolute Gasteiger partial charge is 0.306 e. The van der Waals surface area contributed by atoms with Gasteiger partial charge >= 0.3 is 5.97 Å². The third-order valence-corrected chi connectivity index (χ3v) is 3.47. The molecule has 21 heavy (non-hydrogen) atoms. The van der Waals surface area contributed by atoms with E-state index >= 15 is 0 Å². The van der Waals surface area contributed by atoms with Gasteiger partial charge < -0.3 is 19.1 Å². The quantitative estimate of drug-likeness (QED) is 0.328. The van der Waals surface area contributed by atoms with Crippen LogP contribution >= 0.6 is 0 Å². The summed E-state index contributed by atoms with van der Waals surface area (Å²) in [5, 5.41) is 10.7. The van der Waals surface area contributed by atoms with Crippen LogP contribution in [0, 0.1) is 5.92 Å². The summed E-state index contributed by atoms with van der Waals surface area (Å²) in [6.45, 7) is 4.83. The molecule has 2 unspecified atom stereocenters. The summed E-state index contributed by atoms with van der Waals surface area (Å²) in [6.07, 6.45) is 3.57. The van der Waals surface area contributed by atoms with Crippen LogP contribution in [0.15, 0.2) is 0 Å². The van der Waals surface area contributed by atoms with Gasteiger partial charge in [0.15, 0.2) is 6.10 Å². The highest BCUT2D eigenvalue weighted by Crippen LogP contribution is 2.13. The zero-order valence-corrected chi connectivity index (χ0v) is 14.2. The average Bonchev–Trinajstić information content (AvgIpc) is 2.31. The number of quaternary nitrogens is 1. The van der Waals surface area contributed by atoms with Gasteiger partial charge in [-0.15, -0.1) is 0 Å². The molecular formula is C16H31NO4. The zero-order valence-electron chi connectivity index (χ0n) is 14.2. The Morgan fingerprint density at radius 2 is 1.81 bits per heavy atom. The lowest BCUT2D eigenvalue weighted by Crippen LogP contribution is -2.45. The van der Waals surface area contributed by atoms with E-state index in [1.807, 2.05) is 21.1 Å². The molecule has 0 N–H and O–H groups in total. The first kappa shape index (κ1) is 19.9. The number of carboxylic acids is 1. The average molecular weight is 301 g/mol. The molecule has 0 aromatic rings. The molecule has 0 aliphatic rings. The summed E-state index contributed by atoms with van der Waals surface area (Å²) in [6, 6.07) is 0. The molecule has 0 aliphatic carbocycles. The van der Waals surface area contributed by atoms with E-state index in [0.717, 1.165) is 25.7 Å². The Morgan fingerprint density at radius 1 is 1.19 bits per heavy atom. The molecule has 0 heterocycles. The number of carbonyl (C=O) groups excluding carboxylic acids is 2. The van der Waals surface area contributed by atoms with E-state index in [0.29, 0.717) is 23.4 Å². The van der Waals surface area contributed by atoms with Crippen LogP contribution in [-0.4, -0.2) is 50.2 Å². The van der Waals surface area contributed by atoms with Crippen LogP contribution < -0.4 is 5.11 Å². The monoisotopic (exact) mass is 301 g/mol. The minimum absolute atomic E-state index is 0.242. The molecule has 5 nitrogen and oxygen atoms in total. The van der Waals surface area contributed by atoms with E-state index in [9.17, 15) is 14.7 Å². The number of esters is 1. The van der Waals surface area contributed by atoms with Crippen molar-refractivity contribution in [2.24, 2.45) is 5.92 Å². The highest BCUT2D eigenvalue weighted by molar-refractivity contribution is 5.70. The van der Waals surface area contributed by atoms with Crippen LogP contribution in [0.5, 0.6) is 0 Å². The second kappa shape index (κ2) is 9.77. The van der Waals surface area contributed by atoms with E-state index < -0.39 is 12.1 Å². The molecule has 0 radical (unpaired) electrons. The van der Waals surface area contributed by atoms with E-state index in [1.54, 1.807) is 0 Å². The summed E-state index contributed by atoms with van der Waals surface area (Å²) in [7, 11) is 5.80. The van der Waals surface area contributed by atoms with Crippen LogP contribution in [0.4, 0.5) is 0 Å². The van der Waals surface area contributed by atoms with Crippen LogP contribution in [0.3, 0.4) is 0 Å². The number of hydrogen-bond donors (Lipinski definition) is 0. The number of unbranched alkanes of at least 4 members (excludes halogenated alkanes) is 1. The molecule has 2 atom stereocenters. The van der Waals surface area contributed by atoms with Gasteiger partial charge in [0.1, 0.15) is 6.54 Å². The number of carboxylic acid groups (broad SMARTS) is 1. The van der Waals surface area contributed by atoms with Gasteiger partial charge in [-0.05, 0) is 12.3 Å². The van der Waals surface area contributed by atoms with Gasteiger partial charge in [0.25, 0.3) is 0 Å². The van der Waals surface area contributed by atoms with Crippen molar-refractivity contribution in [2.75, 3.05) is 27.7 Å². The van der Waals surface area contributed by atoms with Crippen LogP contribution in [0.1, 0.15) is 52.4 Å². The lowest BCUT2D eigenvalue weighted by molar-refractivity contribution is -0.873. The van der Waals surface area contributed by atoms with E-state index in [1.165, 1.54) is 0 Å². The molecule has 0 spiro atoms. The number of rotatable bonds is 11. The maximum Gasteiger partial charge on any atom is 0.306 e. The van der Waals surface area contributed by atoms with Crippen molar-refractivity contribution < 1.29 is 23.9 Å². The van der Waals surface area contributed by atoms with Gasteiger partial charge in [0.2, 0.25) is 0 Å². The van der Waals surface area contributed by atoms with Gasteiger partial charge in [-0.25, -0.2) is 0 Å². The molecule has 0 bridgehead atoms. The van der Waals surface area contributed by atoms with Crippen molar-refractivity contribution in [2.45, 2.75) is 58.5 Å². The maximum absolute atomic E-state index is 11.8. The fourth-order valence-corrected chi connectivity index (χ4v) is 2.15. The first-order valence-corrected chi connectivity index (χ1v) is 7.83. The summed E-state index contributed by atoms with van der Waals surface area (Å²) in [5.74, 6) is -0.804. The third kappa shape index (κ3) is 12.4. The Bertz CT molecular complexity index is 323. The van der Waals surface area contributed by atoms with Gasteiger partial charge in [-0.1, -0.05) is 33.1 Å². The molecule has 0 saturated heterocycles. The molecule has 0 aromatic carbocycles. The first-order valence-electron chi connectivity index (χ1n) is 7.83. The van der Waals surface area contributed by atoms with Crippen LogP contribution in [0.2, 0.25) is 0 Å². The fraction of sp³-hybridized carbons (Fsp3) is 0.875. The first-order chi connectivity index (χ1) is 9.64. The van der Waals surface area contributed by atoms with Gasteiger partial charge in [-0.2, -0.15) is 0 Å². The topological polar surface area (TPSA) is 66.4 Å². The molecule has 0 fully saturated rings. The second-order valence-electron chi connectivity index (χ2n) is 6.92. The zero-order chi connectivity index (χ0) is 16.5. The number of hydrogen-bond acceptors (Lipinski definition) is 4. The van der Waals surface area contributed by atoms with Crippen molar-refractivity contribution in [3.8, 4) is 0 Å². The molecular weight excluding hydrogens is 270 g/mol. The van der Waals surface area contributed by atoms with Crippen molar-refractivity contribution in [3.63, 3.8) is 0 Å². The largest absolute Gasteiger partial charge is 0.550 e. The summed E-state index contributed by atoms with van der Waals surface area (Å²) in [4.78, 5) is 22.5. The van der Waals surface area contributed by atoms with Gasteiger partial charge in [0, 0.05) is 18.8 Å². The SMILES string of the molecule is CCC(C)CCCCC(=O)OC(CC(=O)[O-])C[N+](C)(C)C. The summed E-state index contributed by atoms with van der Waals surface area (Å²) in [5.41, 5.74) is 0. The fourth-order valence-electron chi connectivity index (χ4n) is 2.15. The van der Waals surface area contributed by atoms with Gasteiger partial charge in [0.05, 0.1) is 21.1 Å². The molecule has 0 amide bonds. The number of carbonyl (C=O) groups is 2. The Labute approximate surface area is 128 Å². The van der Waals surface area contributed by atoms with E-state index in [-0.39, 0.29) is 12.4 Å². The molecule has 0 saturated carbocycles. The molecule has 0 rings (SSSR count). The third-order valence-electron chi connectivity index (χ3n) is 3.47. The number of nitrogens with zero attached hydrogens (tertiary/aromatic N) is 1. The predicted octanol–water partition coefficient (Wildman–Crippen LogP) is 1.35. The van der Waals surface area contributed by atoms with Crippen molar-refractivity contribution in [1.82, 2.24) is 0 Å². The highest BCUT2D eigenvalue weighted by Gasteiger charge is 2.22. The lowest BCUT2D eigenvalue weighted by Gasteiger charge is -2.29. The molecule has 0 aromatic heterocycles. The highest BCUT2D eigenvalue weighted by atomic mass is 16.5. The Hall–Kier alpha value is -1.10. The van der Waals surface area contributed by atoms with E-state index in [2.05, 4.69) is 13.8 Å². The number of aliphatic carboxylic acids is 1. The number of likely N-dealkylation sites (N-methyl/N-ethyl adjacent to an activating group) is 1. The van der Waals surface area contributed by atoms with Gasteiger partial charge in [-0.3, -0.25) is 4.79 Å². The van der Waals surface area contributed by atoms with Crippen LogP contribution in [-0.2, 0) is 14.3 Å². The number of ether oxygens (including phenoxy) is 1. The lowest BCUT2D eigenvalue weighted by atomic mass is 10.0. The van der Waals surface area contributed by atoms with Crippen molar-refractivity contribution >= 4 is 11.9 Å². The standard InChI is InChI=1S/C16H31NO4/c1-6-13(2)9-7-8-10-16(20)21-14(11-15(18)19)12-17(3,4)5/h13-14H,6-12H2,1-5H3. The molecule has 124 valence electrons. The Morgan fingerprint density at radius 3 is 2.29 bits per heavy atom. The Kier molecular flexibility index (Phi) is 9.26. The van der Waals surface area contributed by atoms with E-state index in [4.69, 9.17) is 4.74 Å². The predicted molar refractivity (Wildman–Crippen MR) is 80.3 cm³/mol. The van der Waals surface area contributed by atoms with Crippen molar-refractivity contribution in [3.05, 3.63) is 0 Å². The second-order valence-corrected chi connectivity index (χ2v) is 6.92. The minimum atomic E-state index is -1.18.